The summed E-state index contributed by atoms with van der Waals surface area (Å²) in [5.74, 6) is 0. The summed E-state index contributed by atoms with van der Waals surface area (Å²) in [7, 11) is 0. The first-order valence-corrected chi connectivity index (χ1v) is 6.31. The second-order valence-electron chi connectivity index (χ2n) is 4.65. The van der Waals surface area contributed by atoms with Crippen molar-refractivity contribution in [2.24, 2.45) is 5.41 Å². The van der Waals surface area contributed by atoms with E-state index in [-0.39, 0.29) is 5.41 Å². The van der Waals surface area contributed by atoms with Gasteiger partial charge in [-0.05, 0) is 37.5 Å². The molecule has 0 atom stereocenters. The lowest BCUT2D eigenvalue weighted by Crippen LogP contribution is -2.15. The largest absolute Gasteiger partial charge is 0.384 e. The van der Waals surface area contributed by atoms with Crippen molar-refractivity contribution in [2.75, 3.05) is 11.9 Å². The van der Waals surface area contributed by atoms with E-state index in [9.17, 15) is 0 Å². The minimum Gasteiger partial charge on any atom is -0.384 e. The molecule has 2 rings (SSSR count). The summed E-state index contributed by atoms with van der Waals surface area (Å²) in [6.45, 7) is 3.01. The molecule has 0 unspecified atom stereocenters. The minimum atomic E-state index is 0.253. The van der Waals surface area contributed by atoms with Gasteiger partial charge in [0.25, 0.3) is 0 Å². The third kappa shape index (κ3) is 2.56. The van der Waals surface area contributed by atoms with E-state index in [4.69, 9.17) is 5.26 Å². The van der Waals surface area contributed by atoms with Crippen molar-refractivity contribution in [2.45, 2.75) is 26.2 Å². The van der Waals surface area contributed by atoms with E-state index in [2.05, 4.69) is 46.4 Å². The Kier molecular flexibility index (Phi) is 3.20. The molecule has 84 valence electrons. The molecule has 1 aliphatic carbocycles. The van der Waals surface area contributed by atoms with Gasteiger partial charge in [-0.2, -0.15) is 5.26 Å². The second-order valence-corrected chi connectivity index (χ2v) is 5.56. The summed E-state index contributed by atoms with van der Waals surface area (Å²) in [6.07, 6.45) is 3.04. The van der Waals surface area contributed by atoms with Gasteiger partial charge in [0.2, 0.25) is 0 Å². The third-order valence-corrected chi connectivity index (χ3v) is 3.76. The molecule has 2 nitrogen and oxygen atoms in total. The number of nitrogens with zero attached hydrogens (tertiary/aromatic N) is 1. The van der Waals surface area contributed by atoms with Gasteiger partial charge < -0.3 is 5.32 Å². The fraction of sp³-hybridized carbons (Fsp3) is 0.462. The zero-order chi connectivity index (χ0) is 11.6. The highest BCUT2D eigenvalue weighted by Crippen LogP contribution is 2.48. The summed E-state index contributed by atoms with van der Waals surface area (Å²) in [4.78, 5) is 0. The summed E-state index contributed by atoms with van der Waals surface area (Å²) in [5, 5.41) is 12.2. The second kappa shape index (κ2) is 4.47. The number of anilines is 1. The van der Waals surface area contributed by atoms with Crippen LogP contribution in [0.25, 0.3) is 0 Å². The summed E-state index contributed by atoms with van der Waals surface area (Å²) >= 11 is 3.47. The van der Waals surface area contributed by atoms with Crippen LogP contribution >= 0.6 is 15.9 Å². The van der Waals surface area contributed by atoms with Crippen molar-refractivity contribution in [3.8, 4) is 6.07 Å². The Morgan fingerprint density at radius 3 is 2.88 bits per heavy atom. The predicted molar refractivity (Wildman–Crippen MR) is 69.3 cm³/mol. The minimum absolute atomic E-state index is 0.253. The summed E-state index contributed by atoms with van der Waals surface area (Å²) in [5.41, 5.74) is 2.67. The first-order chi connectivity index (χ1) is 7.65. The molecule has 1 N–H and O–H groups in total. The Labute approximate surface area is 105 Å². The van der Waals surface area contributed by atoms with Crippen LogP contribution in [-0.2, 0) is 0 Å². The molecule has 0 amide bonds. The van der Waals surface area contributed by atoms with Gasteiger partial charge in [-0.1, -0.05) is 22.0 Å². The molecule has 1 fully saturated rings. The van der Waals surface area contributed by atoms with Crippen molar-refractivity contribution >= 4 is 21.6 Å². The number of nitrogens with one attached hydrogen (secondary N) is 1. The number of aryl methyl sites for hydroxylation is 1. The maximum absolute atomic E-state index is 8.75. The fourth-order valence-corrected chi connectivity index (χ4v) is 2.19. The van der Waals surface area contributed by atoms with Gasteiger partial charge in [-0.15, -0.1) is 0 Å². The van der Waals surface area contributed by atoms with E-state index in [0.29, 0.717) is 6.42 Å². The van der Waals surface area contributed by atoms with Crippen LogP contribution in [0.5, 0.6) is 0 Å². The molecule has 1 aliphatic rings. The van der Waals surface area contributed by atoms with E-state index < -0.39 is 0 Å². The van der Waals surface area contributed by atoms with Crippen LogP contribution in [0.1, 0.15) is 24.8 Å². The SMILES string of the molecule is Cc1ccc(Br)cc1NCC1(CC#N)CC1. The fourth-order valence-electron chi connectivity index (χ4n) is 1.83. The van der Waals surface area contributed by atoms with Crippen LogP contribution in [0.3, 0.4) is 0 Å². The molecule has 0 aromatic heterocycles. The third-order valence-electron chi connectivity index (χ3n) is 3.26. The van der Waals surface area contributed by atoms with Gasteiger partial charge in [0.1, 0.15) is 0 Å². The average Bonchev–Trinajstić information content (AvgIpc) is 3.01. The normalized spacial score (nSPS) is 16.6. The molecule has 0 radical (unpaired) electrons. The first-order valence-electron chi connectivity index (χ1n) is 5.52. The molecule has 3 heteroatoms. The Hall–Kier alpha value is -1.01. The number of benzene rings is 1. The molecule has 0 aliphatic heterocycles. The smallest absolute Gasteiger partial charge is 0.0628 e. The van der Waals surface area contributed by atoms with E-state index in [0.717, 1.165) is 11.0 Å². The van der Waals surface area contributed by atoms with Gasteiger partial charge in [0.05, 0.1) is 6.07 Å². The van der Waals surface area contributed by atoms with Gasteiger partial charge in [0, 0.05) is 28.5 Å². The summed E-state index contributed by atoms with van der Waals surface area (Å²) in [6, 6.07) is 8.52. The van der Waals surface area contributed by atoms with Crippen molar-refractivity contribution in [1.29, 1.82) is 5.26 Å². The predicted octanol–water partition coefficient (Wildman–Crippen LogP) is 3.86. The van der Waals surface area contributed by atoms with E-state index in [1.54, 1.807) is 0 Å². The monoisotopic (exact) mass is 278 g/mol. The van der Waals surface area contributed by atoms with E-state index in [1.165, 1.54) is 24.1 Å². The summed E-state index contributed by atoms with van der Waals surface area (Å²) < 4.78 is 1.09. The van der Waals surface area contributed by atoms with Gasteiger partial charge >= 0.3 is 0 Å². The Morgan fingerprint density at radius 2 is 2.25 bits per heavy atom. The topological polar surface area (TPSA) is 35.8 Å². The van der Waals surface area contributed by atoms with Crippen LogP contribution in [0.4, 0.5) is 5.69 Å². The lowest BCUT2D eigenvalue weighted by atomic mass is 10.0. The van der Waals surface area contributed by atoms with Crippen molar-refractivity contribution < 1.29 is 0 Å². The molecule has 1 saturated carbocycles. The van der Waals surface area contributed by atoms with Crippen LogP contribution in [0.2, 0.25) is 0 Å². The van der Waals surface area contributed by atoms with Crippen molar-refractivity contribution in [3.05, 3.63) is 28.2 Å². The maximum Gasteiger partial charge on any atom is 0.0628 e. The molecule has 0 heterocycles. The van der Waals surface area contributed by atoms with Crippen molar-refractivity contribution in [3.63, 3.8) is 0 Å². The highest BCUT2D eigenvalue weighted by atomic mass is 79.9. The highest BCUT2D eigenvalue weighted by molar-refractivity contribution is 9.10. The number of rotatable bonds is 4. The number of hydrogen-bond acceptors (Lipinski definition) is 2. The lowest BCUT2D eigenvalue weighted by molar-refractivity contribution is 0.557. The molecule has 1 aromatic carbocycles. The van der Waals surface area contributed by atoms with Gasteiger partial charge in [-0.3, -0.25) is 0 Å². The Balaban J connectivity index is 2.00. The molecular formula is C13H15BrN2. The average molecular weight is 279 g/mol. The van der Waals surface area contributed by atoms with Crippen molar-refractivity contribution in [1.82, 2.24) is 0 Å². The van der Waals surface area contributed by atoms with Crippen LogP contribution in [0.15, 0.2) is 22.7 Å². The number of halogens is 1. The first kappa shape index (κ1) is 11.5. The van der Waals surface area contributed by atoms with Crippen LogP contribution in [0, 0.1) is 23.7 Å². The standard InChI is InChI=1S/C13H15BrN2/c1-10-2-3-11(14)8-12(10)16-9-13(4-5-13)6-7-15/h2-3,8,16H,4-6,9H2,1H3. The molecule has 0 spiro atoms. The molecular weight excluding hydrogens is 264 g/mol. The molecule has 0 bridgehead atoms. The highest BCUT2D eigenvalue weighted by Gasteiger charge is 2.42. The molecule has 1 aromatic rings. The number of hydrogen-bond donors (Lipinski definition) is 1. The van der Waals surface area contributed by atoms with Gasteiger partial charge in [-0.25, -0.2) is 0 Å². The zero-order valence-electron chi connectivity index (χ0n) is 9.39. The zero-order valence-corrected chi connectivity index (χ0v) is 11.0. The quantitative estimate of drug-likeness (QED) is 0.908. The number of nitriles is 1. The molecule has 0 saturated heterocycles. The molecule has 16 heavy (non-hydrogen) atoms. The van der Waals surface area contributed by atoms with Crippen LogP contribution in [-0.4, -0.2) is 6.54 Å². The maximum atomic E-state index is 8.75. The Bertz CT molecular complexity index is 430. The van der Waals surface area contributed by atoms with E-state index >= 15 is 0 Å². The lowest BCUT2D eigenvalue weighted by Gasteiger charge is -2.15. The van der Waals surface area contributed by atoms with Crippen LogP contribution < -0.4 is 5.32 Å². The van der Waals surface area contributed by atoms with Gasteiger partial charge in [0.15, 0.2) is 0 Å². The Morgan fingerprint density at radius 1 is 1.50 bits per heavy atom. The van der Waals surface area contributed by atoms with E-state index in [1.807, 2.05) is 6.07 Å².